The Bertz CT molecular complexity index is 476. The van der Waals surface area contributed by atoms with Crippen molar-refractivity contribution in [2.75, 3.05) is 0 Å². The third kappa shape index (κ3) is 2.27. The van der Waals surface area contributed by atoms with Gasteiger partial charge >= 0.3 is 11.7 Å². The van der Waals surface area contributed by atoms with Crippen LogP contribution in [0.2, 0.25) is 0 Å². The average molecular weight is 294 g/mol. The molecule has 6 nitrogen and oxygen atoms in total. The normalized spacial score (nSPS) is 9.94. The monoisotopic (exact) mass is 293 g/mol. The molecule has 0 spiro atoms. The maximum Gasteiger partial charge on any atom is 0.309 e. The van der Waals surface area contributed by atoms with Crippen molar-refractivity contribution >= 4 is 27.6 Å². The van der Waals surface area contributed by atoms with E-state index in [9.17, 15) is 24.4 Å². The first-order valence-corrected chi connectivity index (χ1v) is 4.67. The Morgan fingerprint density at radius 3 is 2.69 bits per heavy atom. The number of nitro benzene ring substituents is 1. The zero-order chi connectivity index (χ0) is 12.5. The van der Waals surface area contributed by atoms with Crippen LogP contribution >= 0.6 is 15.9 Å². The Morgan fingerprint density at radius 1 is 1.69 bits per heavy atom. The molecule has 0 aliphatic carbocycles. The van der Waals surface area contributed by atoms with Crippen LogP contribution in [0.5, 0.6) is 11.5 Å². The van der Waals surface area contributed by atoms with Gasteiger partial charge in [-0.1, -0.05) is 0 Å². The summed E-state index contributed by atoms with van der Waals surface area (Å²) >= 11 is 2.62. The van der Waals surface area contributed by atoms with Crippen molar-refractivity contribution in [2.45, 2.75) is 6.92 Å². The van der Waals surface area contributed by atoms with Gasteiger partial charge in [0.1, 0.15) is 4.47 Å². The first-order valence-electron chi connectivity index (χ1n) is 3.88. The maximum absolute atomic E-state index is 13.2. The molecule has 16 heavy (non-hydrogen) atoms. The van der Waals surface area contributed by atoms with Crippen LogP contribution in [0.25, 0.3) is 0 Å². The molecular formula is C8H5BrFNO5. The van der Waals surface area contributed by atoms with Crippen molar-refractivity contribution in [3.8, 4) is 11.5 Å². The molecule has 0 aliphatic heterocycles. The van der Waals surface area contributed by atoms with E-state index in [-0.39, 0.29) is 0 Å². The lowest BCUT2D eigenvalue weighted by molar-refractivity contribution is -0.387. The highest BCUT2D eigenvalue weighted by molar-refractivity contribution is 9.10. The predicted octanol–water partition coefficient (Wildman–Crippen LogP) is 2.13. The fourth-order valence-electron chi connectivity index (χ4n) is 0.946. The fourth-order valence-corrected chi connectivity index (χ4v) is 1.34. The molecule has 1 N–H and O–H groups in total. The highest BCUT2D eigenvalue weighted by Crippen LogP contribution is 2.40. The summed E-state index contributed by atoms with van der Waals surface area (Å²) in [4.78, 5) is 20.1. The summed E-state index contributed by atoms with van der Waals surface area (Å²) in [5.41, 5.74) is -0.902. The number of hydrogen-bond donors (Lipinski definition) is 1. The van der Waals surface area contributed by atoms with Gasteiger partial charge in [-0.25, -0.2) is 0 Å². The number of nitro groups is 1. The van der Waals surface area contributed by atoms with Gasteiger partial charge in [-0.05, 0) is 15.9 Å². The molecule has 0 heterocycles. The Hall–Kier alpha value is -1.70. The summed E-state index contributed by atoms with van der Waals surface area (Å²) < 4.78 is 17.2. The van der Waals surface area contributed by atoms with Crippen LogP contribution < -0.4 is 4.74 Å². The van der Waals surface area contributed by atoms with E-state index in [2.05, 4.69) is 20.7 Å². The van der Waals surface area contributed by atoms with Gasteiger partial charge in [-0.15, -0.1) is 0 Å². The van der Waals surface area contributed by atoms with Crippen molar-refractivity contribution < 1.29 is 24.0 Å². The molecule has 0 amide bonds. The van der Waals surface area contributed by atoms with Crippen LogP contribution in [0.3, 0.4) is 0 Å². The van der Waals surface area contributed by atoms with Crippen molar-refractivity contribution in [3.63, 3.8) is 0 Å². The molecule has 0 aromatic heterocycles. The van der Waals surface area contributed by atoms with Crippen LogP contribution in [0, 0.1) is 15.9 Å². The number of aromatic hydroxyl groups is 1. The zero-order valence-corrected chi connectivity index (χ0v) is 9.45. The van der Waals surface area contributed by atoms with Gasteiger partial charge in [-0.2, -0.15) is 4.39 Å². The van der Waals surface area contributed by atoms with Crippen molar-refractivity contribution in [2.24, 2.45) is 0 Å². The number of hydrogen-bond acceptors (Lipinski definition) is 5. The van der Waals surface area contributed by atoms with E-state index in [0.29, 0.717) is 6.07 Å². The number of phenolic OH excluding ortho intramolecular Hbond substituents is 1. The van der Waals surface area contributed by atoms with Crippen LogP contribution in [-0.2, 0) is 4.79 Å². The first kappa shape index (κ1) is 12.4. The molecule has 0 bridgehead atoms. The van der Waals surface area contributed by atoms with Crippen molar-refractivity contribution in [1.82, 2.24) is 0 Å². The van der Waals surface area contributed by atoms with Gasteiger partial charge in [-0.3, -0.25) is 14.9 Å². The third-order valence-electron chi connectivity index (χ3n) is 1.58. The second-order valence-corrected chi connectivity index (χ2v) is 3.51. The summed E-state index contributed by atoms with van der Waals surface area (Å²) in [6.07, 6.45) is 0. The number of carbonyl (C=O) groups is 1. The van der Waals surface area contributed by atoms with Crippen LogP contribution in [0.1, 0.15) is 6.92 Å². The summed E-state index contributed by atoms with van der Waals surface area (Å²) in [6.45, 7) is 1.04. The molecule has 8 heteroatoms. The molecule has 1 aromatic rings. The van der Waals surface area contributed by atoms with Gasteiger partial charge in [0.2, 0.25) is 5.82 Å². The number of benzene rings is 1. The van der Waals surface area contributed by atoms with E-state index in [1.807, 2.05) is 0 Å². The number of nitrogens with zero attached hydrogens (tertiary/aromatic N) is 1. The van der Waals surface area contributed by atoms with E-state index in [1.54, 1.807) is 0 Å². The van der Waals surface area contributed by atoms with Gasteiger partial charge < -0.3 is 9.84 Å². The topological polar surface area (TPSA) is 89.7 Å². The van der Waals surface area contributed by atoms with E-state index in [1.165, 1.54) is 0 Å². The quantitative estimate of drug-likeness (QED) is 0.390. The highest BCUT2D eigenvalue weighted by atomic mass is 79.9. The molecule has 0 unspecified atom stereocenters. The molecule has 0 aliphatic rings. The van der Waals surface area contributed by atoms with Gasteiger partial charge in [0.05, 0.1) is 11.0 Å². The number of ether oxygens (including phenoxy) is 1. The Labute approximate surface area is 96.9 Å². The third-order valence-corrected chi connectivity index (χ3v) is 2.30. The van der Waals surface area contributed by atoms with E-state index in [0.717, 1.165) is 6.92 Å². The number of carbonyl (C=O) groups excluding carboxylic acids is 1. The zero-order valence-electron chi connectivity index (χ0n) is 7.86. The van der Waals surface area contributed by atoms with Gasteiger partial charge in [0, 0.05) is 6.92 Å². The predicted molar refractivity (Wildman–Crippen MR) is 53.7 cm³/mol. The molecule has 0 fully saturated rings. The van der Waals surface area contributed by atoms with Crippen LogP contribution in [0.4, 0.5) is 10.1 Å². The summed E-state index contributed by atoms with van der Waals surface area (Å²) in [5.74, 6) is -3.22. The summed E-state index contributed by atoms with van der Waals surface area (Å²) in [5, 5.41) is 19.8. The number of halogens is 2. The lowest BCUT2D eigenvalue weighted by Gasteiger charge is -2.06. The van der Waals surface area contributed by atoms with E-state index in [4.69, 9.17) is 0 Å². The lowest BCUT2D eigenvalue weighted by Crippen LogP contribution is -2.03. The Balaban J connectivity index is 3.40. The molecule has 0 atom stereocenters. The van der Waals surface area contributed by atoms with E-state index >= 15 is 0 Å². The molecule has 1 aromatic carbocycles. The second-order valence-electron chi connectivity index (χ2n) is 2.72. The standard InChI is InChI=1S/C8H5BrFNO5/c1-3(12)16-5-2-4(11(14)15)7(10)6(9)8(5)13/h2,13H,1H3. The van der Waals surface area contributed by atoms with Crippen molar-refractivity contribution in [1.29, 1.82) is 0 Å². The van der Waals surface area contributed by atoms with Crippen molar-refractivity contribution in [3.05, 3.63) is 26.5 Å². The molecule has 1 rings (SSSR count). The molecular weight excluding hydrogens is 289 g/mol. The van der Waals surface area contributed by atoms with Gasteiger partial charge in [0.25, 0.3) is 0 Å². The highest BCUT2D eigenvalue weighted by Gasteiger charge is 2.25. The molecule has 0 saturated carbocycles. The number of esters is 1. The molecule has 0 saturated heterocycles. The summed E-state index contributed by atoms with van der Waals surface area (Å²) in [7, 11) is 0. The minimum Gasteiger partial charge on any atom is -0.503 e. The molecule has 86 valence electrons. The smallest absolute Gasteiger partial charge is 0.309 e. The summed E-state index contributed by atoms with van der Waals surface area (Å²) in [6, 6.07) is 0.636. The maximum atomic E-state index is 13.2. The SMILES string of the molecule is CC(=O)Oc1cc([N+](=O)[O-])c(F)c(Br)c1O. The van der Waals surface area contributed by atoms with Gasteiger partial charge in [0.15, 0.2) is 11.5 Å². The van der Waals surface area contributed by atoms with E-state index < -0.39 is 38.4 Å². The second kappa shape index (κ2) is 4.44. The van der Waals surface area contributed by atoms with Crippen LogP contribution in [0.15, 0.2) is 10.5 Å². The Kier molecular flexibility index (Phi) is 3.43. The molecule has 0 radical (unpaired) electrons. The largest absolute Gasteiger partial charge is 0.503 e. The number of phenols is 1. The van der Waals surface area contributed by atoms with Crippen LogP contribution in [-0.4, -0.2) is 16.0 Å². The minimum atomic E-state index is -1.24. The Morgan fingerprint density at radius 2 is 2.25 bits per heavy atom. The lowest BCUT2D eigenvalue weighted by atomic mass is 10.2. The minimum absolute atomic E-state index is 0.479. The number of rotatable bonds is 2. The fraction of sp³-hybridized carbons (Fsp3) is 0.125. The average Bonchev–Trinajstić information content (AvgIpc) is 2.18. The first-order chi connectivity index (χ1) is 7.34.